The van der Waals surface area contributed by atoms with Gasteiger partial charge in [-0.2, -0.15) is 0 Å². The lowest BCUT2D eigenvalue weighted by molar-refractivity contribution is -0.162. The number of hydrogen-bond donors (Lipinski definition) is 1. The third kappa shape index (κ3) is 9.69. The third-order valence-corrected chi connectivity index (χ3v) is 12.5. The van der Waals surface area contributed by atoms with Gasteiger partial charge in [0.25, 0.3) is 8.32 Å². The summed E-state index contributed by atoms with van der Waals surface area (Å²) < 4.78 is 11.4. The second-order valence-electron chi connectivity index (χ2n) is 11.4. The van der Waals surface area contributed by atoms with Crippen LogP contribution in [0.1, 0.15) is 104 Å². The summed E-state index contributed by atoms with van der Waals surface area (Å²) in [5, 5.41) is 2.08. The predicted molar refractivity (Wildman–Crippen MR) is 162 cm³/mol. The van der Waals surface area contributed by atoms with Gasteiger partial charge in [-0.1, -0.05) is 107 Å². The van der Waals surface area contributed by atoms with E-state index in [1.807, 2.05) is 12.1 Å². The molecule has 1 heterocycles. The van der Waals surface area contributed by atoms with E-state index in [9.17, 15) is 4.80 Å². The fraction of sp³-hybridized carbons (Fsp3) is 0.588. The van der Waals surface area contributed by atoms with Gasteiger partial charge in [0, 0.05) is 26.1 Å². The van der Waals surface area contributed by atoms with Crippen molar-refractivity contribution in [3.63, 3.8) is 0 Å². The van der Waals surface area contributed by atoms with Crippen LogP contribution in [-0.4, -0.2) is 32.6 Å². The highest BCUT2D eigenvalue weighted by Gasteiger charge is 2.49. The van der Waals surface area contributed by atoms with Crippen LogP contribution in [0.25, 0.3) is 0 Å². The van der Waals surface area contributed by atoms with E-state index >= 15 is 0 Å². The van der Waals surface area contributed by atoms with E-state index in [4.69, 9.17) is 9.47 Å². The van der Waals surface area contributed by atoms with Crippen molar-refractivity contribution in [2.75, 3.05) is 13.2 Å². The Hall–Kier alpha value is -1.90. The molecule has 0 spiro atoms. The molecule has 4 heteroatoms. The molecule has 1 aliphatic heterocycles. The first-order valence-electron chi connectivity index (χ1n) is 15.1. The van der Waals surface area contributed by atoms with E-state index < -0.39 is 8.32 Å². The van der Waals surface area contributed by atoms with Crippen molar-refractivity contribution >= 4 is 18.7 Å². The van der Waals surface area contributed by atoms with Crippen molar-refractivity contribution in [3.05, 3.63) is 60.7 Å². The van der Waals surface area contributed by atoms with Gasteiger partial charge < -0.3 is 14.3 Å². The Morgan fingerprint density at radius 3 is 1.92 bits per heavy atom. The number of unbranched alkanes of at least 4 members (excludes halogenated alkanes) is 8. The molecule has 1 aliphatic rings. The normalized spacial score (nSPS) is 16.1. The van der Waals surface area contributed by atoms with Crippen LogP contribution in [0.15, 0.2) is 60.7 Å². The Morgan fingerprint density at radius 1 is 0.789 bits per heavy atom. The van der Waals surface area contributed by atoms with Crippen LogP contribution >= 0.6 is 0 Å². The molecule has 1 saturated heterocycles. The Labute approximate surface area is 233 Å². The monoisotopic (exact) mass is 534 g/mol. The van der Waals surface area contributed by atoms with E-state index in [2.05, 4.69) is 74.2 Å². The van der Waals surface area contributed by atoms with Gasteiger partial charge in [-0.15, -0.1) is 11.8 Å². The first kappa shape index (κ1) is 30.6. The molecule has 1 fully saturated rings. The molecule has 3 rings (SSSR count). The highest BCUT2D eigenvalue weighted by Crippen LogP contribution is 2.40. The molecule has 3 nitrogen and oxygen atoms in total. The molecule has 0 amide bonds. The fourth-order valence-corrected chi connectivity index (χ4v) is 9.31. The first-order chi connectivity index (χ1) is 18.5. The van der Waals surface area contributed by atoms with Crippen molar-refractivity contribution in [1.82, 2.24) is 0 Å². The van der Waals surface area contributed by atoms with Gasteiger partial charge in [0.1, 0.15) is 0 Å². The van der Waals surface area contributed by atoms with Crippen LogP contribution in [0.3, 0.4) is 0 Å². The van der Waals surface area contributed by atoms with Crippen molar-refractivity contribution < 1.29 is 14.3 Å². The summed E-state index contributed by atoms with van der Waals surface area (Å²) in [4.78, 5) is 12.3. The topological polar surface area (TPSA) is 38.7 Å². The molecule has 0 aliphatic carbocycles. The molecule has 38 heavy (non-hydrogen) atoms. The van der Waals surface area contributed by atoms with Gasteiger partial charge in [-0.3, -0.25) is 0 Å². The van der Waals surface area contributed by atoms with Gasteiger partial charge in [0.15, 0.2) is 6.29 Å². The molecular formula is C34H50O3Si. The molecule has 1 N–H and O–H groups in total. The minimum atomic E-state index is -2.87. The van der Waals surface area contributed by atoms with Crippen LogP contribution in [0.5, 0.6) is 0 Å². The zero-order valence-corrected chi connectivity index (χ0v) is 24.9. The number of ether oxygens (including phenoxy) is 2. The third-order valence-electron chi connectivity index (χ3n) is 7.98. The maximum Gasteiger partial charge on any atom is 0.258 e. The zero-order chi connectivity index (χ0) is 26.9. The van der Waals surface area contributed by atoms with Gasteiger partial charge in [0.05, 0.1) is 0 Å². The zero-order valence-electron chi connectivity index (χ0n) is 23.9. The number of rotatable bonds is 16. The van der Waals surface area contributed by atoms with Gasteiger partial charge >= 0.3 is 0 Å². The van der Waals surface area contributed by atoms with Crippen molar-refractivity contribution in [2.45, 2.75) is 115 Å². The molecule has 0 saturated carbocycles. The molecule has 1 atom stereocenters. The first-order valence-corrected chi connectivity index (χ1v) is 17.0. The average Bonchev–Trinajstić information content (AvgIpc) is 2.96. The Balaban J connectivity index is 1.26. The van der Waals surface area contributed by atoms with Crippen molar-refractivity contribution in [1.29, 1.82) is 0 Å². The largest absolute Gasteiger partial charge is 0.424 e. The van der Waals surface area contributed by atoms with E-state index in [-0.39, 0.29) is 11.3 Å². The lowest BCUT2D eigenvalue weighted by atomic mass is 10.0. The minimum Gasteiger partial charge on any atom is -0.424 e. The van der Waals surface area contributed by atoms with E-state index in [0.717, 1.165) is 62.1 Å². The second-order valence-corrected chi connectivity index (χ2v) is 15.4. The SMILES string of the molecule is CC(C)(CCCCCCCCC#CCCCCOC1CCCCO1)[Si](O)(c1ccccc1)c1ccccc1. The summed E-state index contributed by atoms with van der Waals surface area (Å²) in [6.07, 6.45) is 16.1. The maximum absolute atomic E-state index is 12.3. The summed E-state index contributed by atoms with van der Waals surface area (Å²) in [5.41, 5.74) is 0. The van der Waals surface area contributed by atoms with Crippen molar-refractivity contribution in [3.8, 4) is 11.8 Å². The number of hydrogen-bond acceptors (Lipinski definition) is 3. The van der Waals surface area contributed by atoms with Crippen molar-refractivity contribution in [2.24, 2.45) is 0 Å². The van der Waals surface area contributed by atoms with E-state index in [0.29, 0.717) is 0 Å². The molecular weight excluding hydrogens is 484 g/mol. The minimum absolute atomic E-state index is 0.0370. The maximum atomic E-state index is 12.3. The highest BCUT2D eigenvalue weighted by molar-refractivity contribution is 6.98. The average molecular weight is 535 g/mol. The molecule has 2 aromatic carbocycles. The standard InChI is InChI=1S/C34H50O3Si/c1-34(2,38(35,31-23-15-13-16-24-31)32-25-17-14-18-26-32)28-20-11-9-7-5-3-4-6-8-10-12-21-29-36-33-27-19-22-30-37-33/h13-18,23-26,33,35H,3-5,7,9-12,19-22,27-30H2,1-2H3. The number of benzene rings is 2. The summed E-state index contributed by atoms with van der Waals surface area (Å²) in [6.45, 7) is 6.19. The van der Waals surface area contributed by atoms with Crippen LogP contribution < -0.4 is 10.4 Å². The summed E-state index contributed by atoms with van der Waals surface area (Å²) in [5.74, 6) is 6.69. The lowest BCUT2D eigenvalue weighted by Gasteiger charge is -2.41. The summed E-state index contributed by atoms with van der Waals surface area (Å²) in [7, 11) is -2.87. The molecule has 2 aromatic rings. The molecule has 1 unspecified atom stereocenters. The Morgan fingerprint density at radius 2 is 1.34 bits per heavy atom. The van der Waals surface area contributed by atoms with E-state index in [1.165, 1.54) is 51.4 Å². The van der Waals surface area contributed by atoms with Crippen LogP contribution in [-0.2, 0) is 9.47 Å². The Bertz CT molecular complexity index is 902. The fourth-order valence-electron chi connectivity index (χ4n) is 5.52. The van der Waals surface area contributed by atoms with Crippen LogP contribution in [0.2, 0.25) is 5.04 Å². The highest BCUT2D eigenvalue weighted by atomic mass is 28.4. The second kappa shape index (κ2) is 16.9. The van der Waals surface area contributed by atoms with Crippen LogP contribution in [0.4, 0.5) is 0 Å². The lowest BCUT2D eigenvalue weighted by Crippen LogP contribution is -2.65. The summed E-state index contributed by atoms with van der Waals surface area (Å²) >= 11 is 0. The van der Waals surface area contributed by atoms with Gasteiger partial charge in [-0.05, 0) is 60.4 Å². The molecule has 0 radical (unpaired) electrons. The summed E-state index contributed by atoms with van der Waals surface area (Å²) in [6, 6.07) is 20.8. The molecule has 0 aromatic heterocycles. The molecule has 0 bridgehead atoms. The van der Waals surface area contributed by atoms with Crippen LogP contribution in [0, 0.1) is 11.8 Å². The van der Waals surface area contributed by atoms with E-state index in [1.54, 1.807) is 0 Å². The quantitative estimate of drug-likeness (QED) is 0.139. The van der Waals surface area contributed by atoms with Gasteiger partial charge in [0.2, 0.25) is 0 Å². The predicted octanol–water partition coefficient (Wildman–Crippen LogP) is 7.36. The molecule has 208 valence electrons. The smallest absolute Gasteiger partial charge is 0.258 e. The van der Waals surface area contributed by atoms with Gasteiger partial charge in [-0.25, -0.2) is 0 Å². The Kier molecular flexibility index (Phi) is 13.6.